The van der Waals surface area contributed by atoms with E-state index in [1.807, 2.05) is 66.5 Å². The van der Waals surface area contributed by atoms with Crippen molar-refractivity contribution < 1.29 is 4.74 Å². The Kier molecular flexibility index (Phi) is 5.04. The quantitative estimate of drug-likeness (QED) is 0.395. The number of para-hydroxylation sites is 1. The minimum Gasteiger partial charge on any atom is -0.496 e. The van der Waals surface area contributed by atoms with Crippen molar-refractivity contribution in [1.82, 2.24) is 4.90 Å². The molecule has 2 aromatic carbocycles. The maximum absolute atomic E-state index is 7.02. The summed E-state index contributed by atoms with van der Waals surface area (Å²) in [6, 6.07) is 17.6. The van der Waals surface area contributed by atoms with Gasteiger partial charge in [-0.1, -0.05) is 53.8 Å². The summed E-state index contributed by atoms with van der Waals surface area (Å²) >= 11 is 0. The van der Waals surface area contributed by atoms with Crippen molar-refractivity contribution in [2.24, 2.45) is 10.3 Å². The fraction of sp³-hybridized carbons (Fsp3) is 0.188. The fourth-order valence-corrected chi connectivity index (χ4v) is 2.15. The number of benzene rings is 2. The summed E-state index contributed by atoms with van der Waals surface area (Å²) in [4.78, 5) is 1.95. The van der Waals surface area contributed by atoms with Crippen LogP contribution in [0, 0.1) is 5.53 Å². The number of nitrogens with one attached hydrogen (secondary N) is 1. The zero-order valence-electron chi connectivity index (χ0n) is 12.2. The summed E-state index contributed by atoms with van der Waals surface area (Å²) in [7, 11) is 3.58. The van der Waals surface area contributed by atoms with Gasteiger partial charge in [-0.2, -0.15) is 5.53 Å². The van der Waals surface area contributed by atoms with E-state index >= 15 is 0 Å². The molecular formula is C16H18N4O. The van der Waals surface area contributed by atoms with Gasteiger partial charge in [0.05, 0.1) is 7.11 Å². The summed E-state index contributed by atoms with van der Waals surface area (Å²) in [6.45, 7) is 0.618. The fourth-order valence-electron chi connectivity index (χ4n) is 2.15. The van der Waals surface area contributed by atoms with E-state index in [1.165, 1.54) is 0 Å². The molecule has 0 fully saturated rings. The SMILES string of the molecule is COc1ccccc1CN(C)/C(=N\N=N)c1ccccc1. The first-order valence-electron chi connectivity index (χ1n) is 6.59. The summed E-state index contributed by atoms with van der Waals surface area (Å²) < 4.78 is 5.36. The van der Waals surface area contributed by atoms with Gasteiger partial charge in [-0.3, -0.25) is 0 Å². The predicted octanol–water partition coefficient (Wildman–Crippen LogP) is 3.52. The third kappa shape index (κ3) is 3.66. The second kappa shape index (κ2) is 7.19. The van der Waals surface area contributed by atoms with Crippen molar-refractivity contribution >= 4 is 5.84 Å². The third-order valence-corrected chi connectivity index (χ3v) is 3.14. The summed E-state index contributed by atoms with van der Waals surface area (Å²) in [5, 5.41) is 7.12. The van der Waals surface area contributed by atoms with Crippen molar-refractivity contribution in [3.63, 3.8) is 0 Å². The Hall–Kier alpha value is -2.69. The zero-order valence-corrected chi connectivity index (χ0v) is 12.2. The third-order valence-electron chi connectivity index (χ3n) is 3.14. The van der Waals surface area contributed by atoms with Crippen LogP contribution in [-0.2, 0) is 6.54 Å². The largest absolute Gasteiger partial charge is 0.496 e. The molecular weight excluding hydrogens is 264 g/mol. The normalized spacial score (nSPS) is 11.0. The number of ether oxygens (including phenoxy) is 1. The lowest BCUT2D eigenvalue weighted by Gasteiger charge is -2.21. The van der Waals surface area contributed by atoms with Gasteiger partial charge in [-0.25, -0.2) is 0 Å². The molecule has 2 rings (SSSR count). The van der Waals surface area contributed by atoms with Gasteiger partial charge in [0.15, 0.2) is 5.84 Å². The molecule has 0 aromatic heterocycles. The molecule has 2 aromatic rings. The van der Waals surface area contributed by atoms with Crippen molar-refractivity contribution in [2.45, 2.75) is 6.54 Å². The van der Waals surface area contributed by atoms with E-state index in [9.17, 15) is 0 Å². The highest BCUT2D eigenvalue weighted by molar-refractivity contribution is 5.98. The molecule has 0 atom stereocenters. The summed E-state index contributed by atoms with van der Waals surface area (Å²) in [6.07, 6.45) is 0. The molecule has 1 N–H and O–H groups in total. The van der Waals surface area contributed by atoms with Crippen molar-refractivity contribution in [2.75, 3.05) is 14.2 Å². The molecule has 0 saturated heterocycles. The van der Waals surface area contributed by atoms with Crippen LogP contribution < -0.4 is 4.74 Å². The molecule has 0 aliphatic carbocycles. The van der Waals surface area contributed by atoms with Crippen molar-refractivity contribution in [3.8, 4) is 5.75 Å². The number of nitrogens with zero attached hydrogens (tertiary/aromatic N) is 3. The molecule has 0 spiro atoms. The van der Waals surface area contributed by atoms with E-state index < -0.39 is 0 Å². The van der Waals surface area contributed by atoms with Crippen molar-refractivity contribution in [3.05, 3.63) is 65.7 Å². The van der Waals surface area contributed by atoms with Gasteiger partial charge in [-0.05, 0) is 6.07 Å². The van der Waals surface area contributed by atoms with E-state index in [0.29, 0.717) is 12.4 Å². The van der Waals surface area contributed by atoms with Gasteiger partial charge in [-0.15, -0.1) is 5.10 Å². The second-order valence-corrected chi connectivity index (χ2v) is 4.56. The summed E-state index contributed by atoms with van der Waals surface area (Å²) in [5.41, 5.74) is 8.99. The van der Waals surface area contributed by atoms with E-state index in [-0.39, 0.29) is 0 Å². The topological polar surface area (TPSA) is 61.0 Å². The zero-order chi connectivity index (χ0) is 15.1. The summed E-state index contributed by atoms with van der Waals surface area (Å²) in [5.74, 6) is 1.48. The van der Waals surface area contributed by atoms with Crippen LogP contribution in [0.15, 0.2) is 64.9 Å². The van der Waals surface area contributed by atoms with Crippen LogP contribution in [0.25, 0.3) is 0 Å². The Bertz CT molecular complexity index is 625. The van der Waals surface area contributed by atoms with Crippen LogP contribution in [0.3, 0.4) is 0 Å². The number of methoxy groups -OCH3 is 1. The maximum atomic E-state index is 7.02. The number of amidine groups is 1. The van der Waals surface area contributed by atoms with Crippen LogP contribution in [0.2, 0.25) is 0 Å². The highest BCUT2D eigenvalue weighted by Gasteiger charge is 2.12. The molecule has 0 amide bonds. The average molecular weight is 282 g/mol. The molecule has 0 radical (unpaired) electrons. The van der Waals surface area contributed by atoms with E-state index in [4.69, 9.17) is 10.3 Å². The van der Waals surface area contributed by atoms with Crippen LogP contribution >= 0.6 is 0 Å². The Morgan fingerprint density at radius 2 is 1.76 bits per heavy atom. The number of hydrogen-bond donors (Lipinski definition) is 1. The predicted molar refractivity (Wildman–Crippen MR) is 82.6 cm³/mol. The van der Waals surface area contributed by atoms with E-state index in [1.54, 1.807) is 7.11 Å². The smallest absolute Gasteiger partial charge is 0.160 e. The molecule has 0 heterocycles. The highest BCUT2D eigenvalue weighted by atomic mass is 16.5. The van der Waals surface area contributed by atoms with E-state index in [2.05, 4.69) is 10.3 Å². The lowest BCUT2D eigenvalue weighted by molar-refractivity contribution is 0.398. The molecule has 0 saturated carbocycles. The minimum atomic E-state index is 0.618. The molecule has 5 nitrogen and oxygen atoms in total. The maximum Gasteiger partial charge on any atom is 0.160 e. The van der Waals surface area contributed by atoms with Crippen LogP contribution in [0.1, 0.15) is 11.1 Å². The highest BCUT2D eigenvalue weighted by Crippen LogP contribution is 2.19. The lowest BCUT2D eigenvalue weighted by atomic mass is 10.1. The van der Waals surface area contributed by atoms with Gasteiger partial charge in [0.25, 0.3) is 0 Å². The Morgan fingerprint density at radius 3 is 2.43 bits per heavy atom. The molecule has 0 aliphatic heterocycles. The number of rotatable bonds is 5. The molecule has 108 valence electrons. The Morgan fingerprint density at radius 1 is 1.10 bits per heavy atom. The first-order chi connectivity index (χ1) is 10.3. The minimum absolute atomic E-state index is 0.618. The molecule has 0 unspecified atom stereocenters. The monoisotopic (exact) mass is 282 g/mol. The standard InChI is InChI=1S/C16H18N4O/c1-20(12-14-10-6-7-11-15(14)21-2)16(18-19-17)13-8-4-3-5-9-13/h3-11,17H,12H2,1-2H3/b18-16-,19-17?. The van der Waals surface area contributed by atoms with E-state index in [0.717, 1.165) is 16.9 Å². The van der Waals surface area contributed by atoms with Gasteiger partial charge >= 0.3 is 0 Å². The first kappa shape index (κ1) is 14.7. The Labute approximate surface area is 124 Å². The average Bonchev–Trinajstić information content (AvgIpc) is 2.53. The van der Waals surface area contributed by atoms with Crippen LogP contribution in [-0.4, -0.2) is 24.9 Å². The van der Waals surface area contributed by atoms with Gasteiger partial charge in [0.2, 0.25) is 0 Å². The Balaban J connectivity index is 2.26. The second-order valence-electron chi connectivity index (χ2n) is 4.56. The van der Waals surface area contributed by atoms with Gasteiger partial charge in [0.1, 0.15) is 5.75 Å². The first-order valence-corrected chi connectivity index (χ1v) is 6.59. The molecule has 21 heavy (non-hydrogen) atoms. The molecule has 0 aliphatic rings. The molecule has 5 heteroatoms. The van der Waals surface area contributed by atoms with Crippen LogP contribution in [0.5, 0.6) is 5.75 Å². The molecule has 0 bridgehead atoms. The van der Waals surface area contributed by atoms with Gasteiger partial charge in [0, 0.05) is 24.7 Å². The number of hydrogen-bond acceptors (Lipinski definition) is 3. The lowest BCUT2D eigenvalue weighted by Crippen LogP contribution is -2.27. The van der Waals surface area contributed by atoms with Crippen LogP contribution in [0.4, 0.5) is 0 Å². The van der Waals surface area contributed by atoms with Gasteiger partial charge < -0.3 is 9.64 Å². The van der Waals surface area contributed by atoms with Crippen molar-refractivity contribution in [1.29, 1.82) is 5.53 Å².